The summed E-state index contributed by atoms with van der Waals surface area (Å²) in [6.07, 6.45) is 2.50. The van der Waals surface area contributed by atoms with Crippen molar-refractivity contribution in [3.63, 3.8) is 0 Å². The van der Waals surface area contributed by atoms with Crippen molar-refractivity contribution in [2.24, 2.45) is 5.92 Å². The highest BCUT2D eigenvalue weighted by atomic mass is 32.1. The molecule has 1 fully saturated rings. The van der Waals surface area contributed by atoms with Crippen LogP contribution in [0.25, 0.3) is 11.4 Å². The van der Waals surface area contributed by atoms with E-state index in [1.165, 1.54) is 12.8 Å². The van der Waals surface area contributed by atoms with Crippen LogP contribution in [0.2, 0.25) is 0 Å². The van der Waals surface area contributed by atoms with Crippen molar-refractivity contribution in [3.05, 3.63) is 22.7 Å². The highest BCUT2D eigenvalue weighted by Crippen LogP contribution is 2.21. The molecule has 0 atom stereocenters. The molecule has 0 aromatic carbocycles. The molecule has 1 N–H and O–H groups in total. The van der Waals surface area contributed by atoms with Crippen LogP contribution in [0.5, 0.6) is 0 Å². The summed E-state index contributed by atoms with van der Waals surface area (Å²) in [6, 6.07) is 2.02. The molecule has 3 rings (SSSR count). The minimum absolute atomic E-state index is 0.702. The molecule has 2 aromatic heterocycles. The average Bonchev–Trinajstić information content (AvgIpc) is 3.17. The number of nitrogens with one attached hydrogen (secondary N) is 1. The van der Waals surface area contributed by atoms with Gasteiger partial charge in [0, 0.05) is 10.9 Å². The van der Waals surface area contributed by atoms with Crippen LogP contribution in [0.15, 0.2) is 21.3 Å². The lowest BCUT2D eigenvalue weighted by Crippen LogP contribution is -2.36. The van der Waals surface area contributed by atoms with E-state index in [0.29, 0.717) is 5.82 Å². The minimum Gasteiger partial charge on any atom is -0.338 e. The summed E-state index contributed by atoms with van der Waals surface area (Å²) in [5, 5.41) is 11.6. The Morgan fingerprint density at radius 1 is 1.43 bits per heavy atom. The summed E-state index contributed by atoms with van der Waals surface area (Å²) >= 11 is 1.65. The predicted molar refractivity (Wildman–Crippen MR) is 84.2 cm³/mol. The molecule has 6 heteroatoms. The summed E-state index contributed by atoms with van der Waals surface area (Å²) in [6.45, 7) is 7.38. The molecule has 0 radical (unpaired) electrons. The molecule has 1 aliphatic heterocycles. The largest absolute Gasteiger partial charge is 0.338 e. The molecule has 0 bridgehead atoms. The molecule has 0 unspecified atom stereocenters. The zero-order chi connectivity index (χ0) is 14.5. The van der Waals surface area contributed by atoms with Gasteiger partial charge in [0.25, 0.3) is 0 Å². The number of rotatable bonds is 6. The Bertz CT molecular complexity index is 532. The van der Waals surface area contributed by atoms with Crippen molar-refractivity contribution in [2.45, 2.75) is 26.3 Å². The molecule has 2 aromatic rings. The second-order valence-electron chi connectivity index (χ2n) is 5.55. The van der Waals surface area contributed by atoms with E-state index in [0.717, 1.165) is 50.1 Å². The van der Waals surface area contributed by atoms with E-state index in [9.17, 15) is 0 Å². The van der Waals surface area contributed by atoms with Gasteiger partial charge >= 0.3 is 0 Å². The Hall–Kier alpha value is -1.24. The Morgan fingerprint density at radius 2 is 2.29 bits per heavy atom. The van der Waals surface area contributed by atoms with Gasteiger partial charge in [-0.05, 0) is 56.4 Å². The van der Waals surface area contributed by atoms with Crippen molar-refractivity contribution in [1.29, 1.82) is 0 Å². The first-order valence-corrected chi connectivity index (χ1v) is 8.57. The van der Waals surface area contributed by atoms with Crippen LogP contribution in [0.4, 0.5) is 0 Å². The zero-order valence-electron chi connectivity index (χ0n) is 12.4. The van der Waals surface area contributed by atoms with E-state index in [4.69, 9.17) is 4.52 Å². The van der Waals surface area contributed by atoms with Gasteiger partial charge in [0.15, 0.2) is 0 Å². The van der Waals surface area contributed by atoms with Crippen LogP contribution in [0, 0.1) is 5.92 Å². The summed E-state index contributed by atoms with van der Waals surface area (Å²) < 4.78 is 5.37. The third-order valence-corrected chi connectivity index (χ3v) is 4.68. The van der Waals surface area contributed by atoms with E-state index >= 15 is 0 Å². The molecule has 1 saturated heterocycles. The molecule has 5 nitrogen and oxygen atoms in total. The van der Waals surface area contributed by atoms with E-state index in [1.807, 2.05) is 16.8 Å². The first-order valence-electron chi connectivity index (χ1n) is 7.63. The molecular weight excluding hydrogens is 284 g/mol. The monoisotopic (exact) mass is 306 g/mol. The Balaban J connectivity index is 1.49. The van der Waals surface area contributed by atoms with Crippen molar-refractivity contribution in [1.82, 2.24) is 20.4 Å². The standard InChI is InChI=1S/C15H22N4OS/c1-2-16-9-12-3-6-19(7-4-12)10-14-17-15(18-20-14)13-5-8-21-11-13/h5,8,11-12,16H,2-4,6-7,9-10H2,1H3. The maximum atomic E-state index is 5.37. The fourth-order valence-electron chi connectivity index (χ4n) is 2.72. The third kappa shape index (κ3) is 3.90. The van der Waals surface area contributed by atoms with Crippen LogP contribution < -0.4 is 5.32 Å². The SMILES string of the molecule is CCNCC1CCN(Cc2nc(-c3ccsc3)no2)CC1. The van der Waals surface area contributed by atoms with Crippen LogP contribution >= 0.6 is 11.3 Å². The molecular formula is C15H22N4OS. The second-order valence-corrected chi connectivity index (χ2v) is 6.33. The van der Waals surface area contributed by atoms with Crippen molar-refractivity contribution >= 4 is 11.3 Å². The molecule has 0 amide bonds. The lowest BCUT2D eigenvalue weighted by Gasteiger charge is -2.30. The summed E-state index contributed by atoms with van der Waals surface area (Å²) in [7, 11) is 0. The second kappa shape index (κ2) is 7.15. The Morgan fingerprint density at radius 3 is 3.00 bits per heavy atom. The fraction of sp³-hybridized carbons (Fsp3) is 0.600. The molecule has 0 spiro atoms. The van der Waals surface area contributed by atoms with E-state index in [2.05, 4.69) is 27.3 Å². The lowest BCUT2D eigenvalue weighted by atomic mass is 9.97. The van der Waals surface area contributed by atoms with Crippen LogP contribution in [-0.2, 0) is 6.54 Å². The first kappa shape index (κ1) is 14.7. The lowest BCUT2D eigenvalue weighted by molar-refractivity contribution is 0.158. The van der Waals surface area contributed by atoms with Gasteiger partial charge in [-0.3, -0.25) is 4.90 Å². The van der Waals surface area contributed by atoms with Crippen molar-refractivity contribution in [2.75, 3.05) is 26.2 Å². The van der Waals surface area contributed by atoms with Gasteiger partial charge in [0.05, 0.1) is 6.54 Å². The van der Waals surface area contributed by atoms with E-state index in [1.54, 1.807) is 11.3 Å². The van der Waals surface area contributed by atoms with Gasteiger partial charge in [-0.1, -0.05) is 12.1 Å². The van der Waals surface area contributed by atoms with Crippen LogP contribution in [-0.4, -0.2) is 41.2 Å². The van der Waals surface area contributed by atoms with Crippen molar-refractivity contribution < 1.29 is 4.52 Å². The van der Waals surface area contributed by atoms with E-state index in [-0.39, 0.29) is 0 Å². The number of aromatic nitrogens is 2. The molecule has 0 aliphatic carbocycles. The quantitative estimate of drug-likeness (QED) is 0.889. The van der Waals surface area contributed by atoms with Gasteiger partial charge in [-0.25, -0.2) is 0 Å². The van der Waals surface area contributed by atoms with Crippen LogP contribution in [0.1, 0.15) is 25.7 Å². The Kier molecular flexibility index (Phi) is 5.00. The number of thiophene rings is 1. The number of hydrogen-bond donors (Lipinski definition) is 1. The maximum absolute atomic E-state index is 5.37. The van der Waals surface area contributed by atoms with Gasteiger partial charge in [0.1, 0.15) is 0 Å². The molecule has 114 valence electrons. The summed E-state index contributed by atoms with van der Waals surface area (Å²) in [4.78, 5) is 6.90. The molecule has 21 heavy (non-hydrogen) atoms. The van der Waals surface area contributed by atoms with Crippen LogP contribution in [0.3, 0.4) is 0 Å². The number of likely N-dealkylation sites (tertiary alicyclic amines) is 1. The average molecular weight is 306 g/mol. The van der Waals surface area contributed by atoms with Gasteiger partial charge in [-0.2, -0.15) is 16.3 Å². The normalized spacial score (nSPS) is 17.4. The summed E-state index contributed by atoms with van der Waals surface area (Å²) in [5.41, 5.74) is 1.04. The van der Waals surface area contributed by atoms with Gasteiger partial charge in [0.2, 0.25) is 11.7 Å². The zero-order valence-corrected chi connectivity index (χ0v) is 13.2. The fourth-order valence-corrected chi connectivity index (χ4v) is 3.35. The number of hydrogen-bond acceptors (Lipinski definition) is 6. The highest BCUT2D eigenvalue weighted by Gasteiger charge is 2.20. The number of piperidine rings is 1. The third-order valence-electron chi connectivity index (χ3n) is 4.00. The Labute approximate surface area is 129 Å². The molecule has 1 aliphatic rings. The minimum atomic E-state index is 0.702. The molecule has 0 saturated carbocycles. The van der Waals surface area contributed by atoms with Gasteiger partial charge < -0.3 is 9.84 Å². The molecule has 3 heterocycles. The van der Waals surface area contributed by atoms with Crippen molar-refractivity contribution in [3.8, 4) is 11.4 Å². The smallest absolute Gasteiger partial charge is 0.241 e. The highest BCUT2D eigenvalue weighted by molar-refractivity contribution is 7.08. The van der Waals surface area contributed by atoms with E-state index < -0.39 is 0 Å². The number of nitrogens with zero attached hydrogens (tertiary/aromatic N) is 3. The predicted octanol–water partition coefficient (Wildman–Crippen LogP) is 2.62. The summed E-state index contributed by atoms with van der Waals surface area (Å²) in [5.74, 6) is 2.24. The first-order chi connectivity index (χ1) is 10.3. The topological polar surface area (TPSA) is 54.2 Å². The van der Waals surface area contributed by atoms with Gasteiger partial charge in [-0.15, -0.1) is 0 Å². The maximum Gasteiger partial charge on any atom is 0.241 e.